The molecule has 0 bridgehead atoms. The van der Waals surface area contributed by atoms with Crippen LogP contribution in [0.2, 0.25) is 0 Å². The van der Waals surface area contributed by atoms with Crippen molar-refractivity contribution in [2.75, 3.05) is 13.7 Å². The predicted molar refractivity (Wildman–Crippen MR) is 58.5 cm³/mol. The molecule has 18 heavy (non-hydrogen) atoms. The van der Waals surface area contributed by atoms with Gasteiger partial charge in [0.1, 0.15) is 17.7 Å². The predicted octanol–water partition coefficient (Wildman–Crippen LogP) is 1.66. The van der Waals surface area contributed by atoms with Crippen molar-refractivity contribution in [3.63, 3.8) is 0 Å². The minimum absolute atomic E-state index is 0.0787. The van der Waals surface area contributed by atoms with E-state index in [9.17, 15) is 8.78 Å². The number of hydrogen-bond donors (Lipinski definition) is 1. The van der Waals surface area contributed by atoms with Gasteiger partial charge < -0.3 is 15.0 Å². The van der Waals surface area contributed by atoms with E-state index in [0.717, 1.165) is 18.2 Å². The molecule has 96 valence electrons. The number of methoxy groups -OCH3 is 1. The summed E-state index contributed by atoms with van der Waals surface area (Å²) in [5, 5.41) is 3.62. The first-order valence-corrected chi connectivity index (χ1v) is 5.14. The molecule has 1 heterocycles. The first-order chi connectivity index (χ1) is 8.60. The normalized spacial score (nSPS) is 12.7. The number of rotatable bonds is 4. The van der Waals surface area contributed by atoms with E-state index in [4.69, 9.17) is 15.0 Å². The average molecular weight is 255 g/mol. The Hall–Kier alpha value is -1.86. The van der Waals surface area contributed by atoms with Crippen LogP contribution in [0.3, 0.4) is 0 Å². The Morgan fingerprint density at radius 1 is 1.33 bits per heavy atom. The van der Waals surface area contributed by atoms with Gasteiger partial charge in [0.05, 0.1) is 6.61 Å². The van der Waals surface area contributed by atoms with Crippen molar-refractivity contribution in [1.82, 2.24) is 10.1 Å². The summed E-state index contributed by atoms with van der Waals surface area (Å²) in [5.74, 6) is -1.19. The van der Waals surface area contributed by atoms with Crippen molar-refractivity contribution >= 4 is 0 Å². The van der Waals surface area contributed by atoms with Gasteiger partial charge in [-0.2, -0.15) is 4.98 Å². The molecular weight excluding hydrogens is 244 g/mol. The van der Waals surface area contributed by atoms with E-state index < -0.39 is 17.7 Å². The Morgan fingerprint density at radius 3 is 2.61 bits per heavy atom. The molecule has 0 saturated carbocycles. The molecule has 0 aliphatic heterocycles. The maximum atomic E-state index is 13.0. The zero-order valence-corrected chi connectivity index (χ0v) is 9.56. The van der Waals surface area contributed by atoms with Crippen molar-refractivity contribution in [2.24, 2.45) is 5.73 Å². The van der Waals surface area contributed by atoms with Crippen molar-refractivity contribution in [1.29, 1.82) is 0 Å². The van der Waals surface area contributed by atoms with Gasteiger partial charge in [0, 0.05) is 18.7 Å². The SMILES string of the molecule is COCC(N)c1nc(-c2cc(F)cc(F)c2)no1. The highest BCUT2D eigenvalue weighted by Crippen LogP contribution is 2.20. The number of ether oxygens (including phenoxy) is 1. The van der Waals surface area contributed by atoms with Crippen LogP contribution < -0.4 is 5.73 Å². The lowest BCUT2D eigenvalue weighted by molar-refractivity contribution is 0.166. The molecule has 0 saturated heterocycles. The summed E-state index contributed by atoms with van der Waals surface area (Å²) in [6.07, 6.45) is 0. The molecule has 0 spiro atoms. The highest BCUT2D eigenvalue weighted by atomic mass is 19.1. The maximum Gasteiger partial charge on any atom is 0.246 e. The molecule has 2 rings (SSSR count). The second-order valence-corrected chi connectivity index (χ2v) is 3.68. The van der Waals surface area contributed by atoms with Crippen LogP contribution >= 0.6 is 0 Å². The third-order valence-electron chi connectivity index (χ3n) is 2.23. The molecule has 0 aliphatic carbocycles. The van der Waals surface area contributed by atoms with Gasteiger partial charge in [-0.1, -0.05) is 5.16 Å². The molecule has 0 aliphatic rings. The Morgan fingerprint density at radius 2 is 2.00 bits per heavy atom. The summed E-state index contributed by atoms with van der Waals surface area (Å²) in [7, 11) is 1.49. The van der Waals surface area contributed by atoms with Crippen molar-refractivity contribution in [3.8, 4) is 11.4 Å². The van der Waals surface area contributed by atoms with E-state index in [2.05, 4.69) is 10.1 Å². The van der Waals surface area contributed by atoms with Gasteiger partial charge in [0.15, 0.2) is 0 Å². The summed E-state index contributed by atoms with van der Waals surface area (Å²) in [4.78, 5) is 3.97. The van der Waals surface area contributed by atoms with E-state index >= 15 is 0 Å². The molecule has 2 aromatic rings. The monoisotopic (exact) mass is 255 g/mol. The molecule has 1 aromatic heterocycles. The fraction of sp³-hybridized carbons (Fsp3) is 0.273. The first-order valence-electron chi connectivity index (χ1n) is 5.14. The van der Waals surface area contributed by atoms with Crippen molar-refractivity contribution < 1.29 is 18.0 Å². The summed E-state index contributed by atoms with van der Waals surface area (Å²) in [6, 6.07) is 2.41. The minimum Gasteiger partial charge on any atom is -0.383 e. The van der Waals surface area contributed by atoms with E-state index in [1.54, 1.807) is 0 Å². The number of benzene rings is 1. The van der Waals surface area contributed by atoms with E-state index in [1.807, 2.05) is 0 Å². The van der Waals surface area contributed by atoms with Crippen LogP contribution in [0, 0.1) is 11.6 Å². The maximum absolute atomic E-state index is 13.0. The fourth-order valence-electron chi connectivity index (χ4n) is 1.44. The lowest BCUT2D eigenvalue weighted by Gasteiger charge is -2.02. The van der Waals surface area contributed by atoms with Gasteiger partial charge in [-0.15, -0.1) is 0 Å². The van der Waals surface area contributed by atoms with Crippen LogP contribution in [0.25, 0.3) is 11.4 Å². The summed E-state index contributed by atoms with van der Waals surface area (Å²) in [6.45, 7) is 0.207. The smallest absolute Gasteiger partial charge is 0.246 e. The largest absolute Gasteiger partial charge is 0.383 e. The van der Waals surface area contributed by atoms with Gasteiger partial charge in [-0.3, -0.25) is 0 Å². The molecule has 0 amide bonds. The number of hydrogen-bond acceptors (Lipinski definition) is 5. The lowest BCUT2D eigenvalue weighted by atomic mass is 10.2. The Balaban J connectivity index is 2.29. The molecule has 0 fully saturated rings. The molecule has 7 heteroatoms. The van der Waals surface area contributed by atoms with Crippen LogP contribution in [0.5, 0.6) is 0 Å². The second kappa shape index (κ2) is 5.19. The minimum atomic E-state index is -0.711. The molecule has 2 N–H and O–H groups in total. The van der Waals surface area contributed by atoms with Crippen molar-refractivity contribution in [2.45, 2.75) is 6.04 Å². The average Bonchev–Trinajstić information content (AvgIpc) is 2.77. The Labute approximate surface area is 102 Å². The van der Waals surface area contributed by atoms with Gasteiger partial charge in [-0.05, 0) is 12.1 Å². The Bertz CT molecular complexity index is 525. The molecule has 1 atom stereocenters. The van der Waals surface area contributed by atoms with Crippen LogP contribution in [0.4, 0.5) is 8.78 Å². The first kappa shape index (κ1) is 12.6. The number of aromatic nitrogens is 2. The zero-order chi connectivity index (χ0) is 13.1. The van der Waals surface area contributed by atoms with E-state index in [0.29, 0.717) is 0 Å². The van der Waals surface area contributed by atoms with Gasteiger partial charge in [0.2, 0.25) is 11.7 Å². The topological polar surface area (TPSA) is 74.2 Å². The van der Waals surface area contributed by atoms with Crippen LogP contribution in [0.1, 0.15) is 11.9 Å². The number of halogens is 2. The standard InChI is InChI=1S/C11H11F2N3O2/c1-17-5-9(14)11-15-10(16-18-11)6-2-7(12)4-8(13)3-6/h2-4,9H,5,14H2,1H3. The Kier molecular flexibility index (Phi) is 3.63. The van der Waals surface area contributed by atoms with Gasteiger partial charge in [-0.25, -0.2) is 8.78 Å². The van der Waals surface area contributed by atoms with Gasteiger partial charge in [0.25, 0.3) is 0 Å². The summed E-state index contributed by atoms with van der Waals surface area (Å²) < 4.78 is 35.8. The molecule has 0 radical (unpaired) electrons. The summed E-state index contributed by atoms with van der Waals surface area (Å²) in [5.41, 5.74) is 5.87. The molecule has 5 nitrogen and oxygen atoms in total. The number of nitrogens with zero attached hydrogens (tertiary/aromatic N) is 2. The highest BCUT2D eigenvalue weighted by molar-refractivity contribution is 5.54. The van der Waals surface area contributed by atoms with Crippen LogP contribution in [-0.2, 0) is 4.74 Å². The molecule has 1 unspecified atom stereocenters. The van der Waals surface area contributed by atoms with E-state index in [-0.39, 0.29) is 23.9 Å². The van der Waals surface area contributed by atoms with Crippen LogP contribution in [0.15, 0.2) is 22.7 Å². The zero-order valence-electron chi connectivity index (χ0n) is 9.56. The third kappa shape index (κ3) is 2.69. The number of nitrogens with two attached hydrogens (primary N) is 1. The second-order valence-electron chi connectivity index (χ2n) is 3.68. The highest BCUT2D eigenvalue weighted by Gasteiger charge is 2.16. The third-order valence-corrected chi connectivity index (χ3v) is 2.23. The lowest BCUT2D eigenvalue weighted by Crippen LogP contribution is -2.16. The summed E-state index contributed by atoms with van der Waals surface area (Å²) >= 11 is 0. The van der Waals surface area contributed by atoms with Crippen molar-refractivity contribution in [3.05, 3.63) is 35.7 Å². The molecular formula is C11H11F2N3O2. The van der Waals surface area contributed by atoms with Crippen LogP contribution in [-0.4, -0.2) is 23.9 Å². The van der Waals surface area contributed by atoms with E-state index in [1.165, 1.54) is 7.11 Å². The fourth-order valence-corrected chi connectivity index (χ4v) is 1.44. The quantitative estimate of drug-likeness (QED) is 0.899. The molecule has 1 aromatic carbocycles. The van der Waals surface area contributed by atoms with Gasteiger partial charge >= 0.3 is 0 Å².